The molecule has 0 bridgehead atoms. The van der Waals surface area contributed by atoms with Gasteiger partial charge in [0.05, 0.1) is 11.6 Å². The molecule has 0 aromatic heterocycles. The summed E-state index contributed by atoms with van der Waals surface area (Å²) >= 11 is 0. The Morgan fingerprint density at radius 3 is 2.29 bits per heavy atom. The van der Waals surface area contributed by atoms with Crippen molar-refractivity contribution in [3.05, 3.63) is 12.2 Å². The van der Waals surface area contributed by atoms with Gasteiger partial charge in [0.15, 0.2) is 0 Å². The summed E-state index contributed by atoms with van der Waals surface area (Å²) in [5.74, 6) is 0. The Kier molecular flexibility index (Phi) is 6.05. The zero-order valence-electron chi connectivity index (χ0n) is 10.3. The molecule has 0 aliphatic carbocycles. The largest absolute Gasteiger partial charge is 0.374 e. The van der Waals surface area contributed by atoms with Gasteiger partial charge in [-0.3, -0.25) is 0 Å². The molecule has 0 aliphatic rings. The van der Waals surface area contributed by atoms with Crippen molar-refractivity contribution in [2.24, 2.45) is 0 Å². The fourth-order valence-corrected chi connectivity index (χ4v) is 1.83. The van der Waals surface area contributed by atoms with Crippen molar-refractivity contribution < 1.29 is 4.74 Å². The lowest BCUT2D eigenvalue weighted by Gasteiger charge is -2.37. The van der Waals surface area contributed by atoms with Gasteiger partial charge in [-0.05, 0) is 33.7 Å². The van der Waals surface area contributed by atoms with Gasteiger partial charge in [-0.25, -0.2) is 0 Å². The highest BCUT2D eigenvalue weighted by Crippen LogP contribution is 2.24. The van der Waals surface area contributed by atoms with Gasteiger partial charge in [0.1, 0.15) is 0 Å². The van der Waals surface area contributed by atoms with E-state index in [4.69, 9.17) is 4.74 Å². The minimum atomic E-state index is -0.128. The molecule has 0 aliphatic heterocycles. The normalized spacial score (nSPS) is 17.5. The maximum absolute atomic E-state index is 5.83. The third kappa shape index (κ3) is 3.43. The molecule has 0 aromatic carbocycles. The predicted molar refractivity (Wildman–Crippen MR) is 62.6 cm³/mol. The summed E-state index contributed by atoms with van der Waals surface area (Å²) in [5.41, 5.74) is 1.01. The van der Waals surface area contributed by atoms with E-state index in [1.807, 2.05) is 6.92 Å². The summed E-state index contributed by atoms with van der Waals surface area (Å²) in [6.07, 6.45) is 0.991. The second kappa shape index (κ2) is 6.20. The van der Waals surface area contributed by atoms with Crippen LogP contribution in [0.15, 0.2) is 12.2 Å². The van der Waals surface area contributed by atoms with Gasteiger partial charge in [-0.15, -0.1) is 0 Å². The lowest BCUT2D eigenvalue weighted by molar-refractivity contribution is -0.0460. The van der Waals surface area contributed by atoms with Crippen LogP contribution in [0.5, 0.6) is 0 Å². The molecule has 0 amide bonds. The second-order valence-corrected chi connectivity index (χ2v) is 3.94. The lowest BCUT2D eigenvalue weighted by atomic mass is 9.88. The topological polar surface area (TPSA) is 21.3 Å². The third-order valence-electron chi connectivity index (χ3n) is 2.69. The van der Waals surface area contributed by atoms with Crippen molar-refractivity contribution in [2.75, 3.05) is 13.2 Å². The molecule has 14 heavy (non-hydrogen) atoms. The molecular weight excluding hydrogens is 174 g/mol. The molecule has 0 aromatic rings. The molecule has 2 heteroatoms. The Morgan fingerprint density at radius 2 is 2.00 bits per heavy atom. The van der Waals surface area contributed by atoms with Crippen molar-refractivity contribution in [2.45, 2.75) is 52.7 Å². The van der Waals surface area contributed by atoms with E-state index < -0.39 is 0 Å². The van der Waals surface area contributed by atoms with Gasteiger partial charge in [0, 0.05) is 6.61 Å². The Balaban J connectivity index is 4.63. The van der Waals surface area contributed by atoms with Crippen molar-refractivity contribution >= 4 is 0 Å². The average molecular weight is 199 g/mol. The fraction of sp³-hybridized carbons (Fsp3) is 0.833. The molecule has 0 fully saturated rings. The Labute approximate surface area is 88.7 Å². The van der Waals surface area contributed by atoms with E-state index in [1.54, 1.807) is 0 Å². The summed E-state index contributed by atoms with van der Waals surface area (Å²) in [4.78, 5) is 0. The number of likely N-dealkylation sites (N-methyl/N-ethyl adjacent to an activating group) is 1. The van der Waals surface area contributed by atoms with Crippen LogP contribution in [-0.2, 0) is 4.74 Å². The predicted octanol–water partition coefficient (Wildman–Crippen LogP) is 2.75. The third-order valence-corrected chi connectivity index (χ3v) is 2.69. The van der Waals surface area contributed by atoms with E-state index in [0.29, 0.717) is 0 Å². The second-order valence-electron chi connectivity index (χ2n) is 3.94. The van der Waals surface area contributed by atoms with E-state index >= 15 is 0 Å². The standard InChI is InChI=1S/C12H25NO/c1-7-12(6,14-9-3)11(10(4)5)13-8-2/h11,13H,4,7-9H2,1-3,5-6H3. The summed E-state index contributed by atoms with van der Waals surface area (Å²) in [7, 11) is 0. The summed E-state index contributed by atoms with van der Waals surface area (Å²) < 4.78 is 5.83. The molecule has 0 rings (SSSR count). The van der Waals surface area contributed by atoms with E-state index in [1.165, 1.54) is 0 Å². The van der Waals surface area contributed by atoms with Crippen molar-refractivity contribution in [1.82, 2.24) is 5.32 Å². The minimum Gasteiger partial charge on any atom is -0.374 e. The van der Waals surface area contributed by atoms with Gasteiger partial charge in [0.25, 0.3) is 0 Å². The summed E-state index contributed by atoms with van der Waals surface area (Å²) in [6, 6.07) is 0.248. The molecule has 0 saturated carbocycles. The van der Waals surface area contributed by atoms with Crippen LogP contribution in [0.3, 0.4) is 0 Å². The van der Waals surface area contributed by atoms with Crippen molar-refractivity contribution in [3.8, 4) is 0 Å². The first-order chi connectivity index (χ1) is 6.51. The first kappa shape index (κ1) is 13.7. The summed E-state index contributed by atoms with van der Waals surface area (Å²) in [6.45, 7) is 16.2. The number of ether oxygens (including phenoxy) is 1. The Bertz CT molecular complexity index is 179. The van der Waals surface area contributed by atoms with Crippen LogP contribution >= 0.6 is 0 Å². The maximum Gasteiger partial charge on any atom is 0.0842 e. The molecule has 0 heterocycles. The Morgan fingerprint density at radius 1 is 1.43 bits per heavy atom. The number of rotatable bonds is 7. The highest BCUT2D eigenvalue weighted by atomic mass is 16.5. The molecule has 2 atom stereocenters. The number of nitrogens with one attached hydrogen (secondary N) is 1. The molecule has 0 radical (unpaired) electrons. The van der Waals surface area contributed by atoms with E-state index in [0.717, 1.165) is 25.1 Å². The monoisotopic (exact) mass is 199 g/mol. The van der Waals surface area contributed by atoms with Crippen LogP contribution in [0.2, 0.25) is 0 Å². The quantitative estimate of drug-likeness (QED) is 0.637. The van der Waals surface area contributed by atoms with Gasteiger partial charge in [0.2, 0.25) is 0 Å². The molecular formula is C12H25NO. The van der Waals surface area contributed by atoms with Crippen LogP contribution in [0.4, 0.5) is 0 Å². The zero-order valence-corrected chi connectivity index (χ0v) is 10.3. The molecule has 0 spiro atoms. The highest BCUT2D eigenvalue weighted by molar-refractivity contribution is 5.10. The number of hydrogen-bond donors (Lipinski definition) is 1. The first-order valence-corrected chi connectivity index (χ1v) is 5.54. The molecule has 0 saturated heterocycles. The van der Waals surface area contributed by atoms with Crippen LogP contribution in [0.25, 0.3) is 0 Å². The number of hydrogen-bond acceptors (Lipinski definition) is 2. The minimum absolute atomic E-state index is 0.128. The van der Waals surface area contributed by atoms with E-state index in [9.17, 15) is 0 Å². The fourth-order valence-electron chi connectivity index (χ4n) is 1.83. The van der Waals surface area contributed by atoms with E-state index in [-0.39, 0.29) is 11.6 Å². The van der Waals surface area contributed by atoms with E-state index in [2.05, 4.69) is 39.6 Å². The first-order valence-electron chi connectivity index (χ1n) is 5.54. The SMILES string of the molecule is C=C(C)C(NCC)C(C)(CC)OCC. The van der Waals surface area contributed by atoms with Crippen molar-refractivity contribution in [1.29, 1.82) is 0 Å². The molecule has 1 N–H and O–H groups in total. The average Bonchev–Trinajstić information content (AvgIpc) is 2.14. The van der Waals surface area contributed by atoms with Gasteiger partial charge < -0.3 is 10.1 Å². The highest BCUT2D eigenvalue weighted by Gasteiger charge is 2.32. The van der Waals surface area contributed by atoms with Crippen molar-refractivity contribution in [3.63, 3.8) is 0 Å². The maximum atomic E-state index is 5.83. The van der Waals surface area contributed by atoms with Crippen LogP contribution in [-0.4, -0.2) is 24.8 Å². The Hall–Kier alpha value is -0.340. The summed E-state index contributed by atoms with van der Waals surface area (Å²) in [5, 5.41) is 3.43. The lowest BCUT2D eigenvalue weighted by Crippen LogP contribution is -2.50. The smallest absolute Gasteiger partial charge is 0.0842 e. The zero-order chi connectivity index (χ0) is 11.2. The van der Waals surface area contributed by atoms with Crippen LogP contribution < -0.4 is 5.32 Å². The van der Waals surface area contributed by atoms with Gasteiger partial charge >= 0.3 is 0 Å². The van der Waals surface area contributed by atoms with Gasteiger partial charge in [-0.2, -0.15) is 0 Å². The molecule has 84 valence electrons. The van der Waals surface area contributed by atoms with Crippen LogP contribution in [0, 0.1) is 0 Å². The molecule has 2 nitrogen and oxygen atoms in total. The van der Waals surface area contributed by atoms with Gasteiger partial charge in [-0.1, -0.05) is 26.0 Å². The molecule has 2 unspecified atom stereocenters. The van der Waals surface area contributed by atoms with Crippen LogP contribution in [0.1, 0.15) is 41.0 Å².